The third kappa shape index (κ3) is 10.2. The fraction of sp³-hybridized carbons (Fsp3) is 0. The van der Waals surface area contributed by atoms with Crippen LogP contribution < -0.4 is 11.5 Å². The van der Waals surface area contributed by atoms with Gasteiger partial charge in [0.25, 0.3) is 0 Å². The summed E-state index contributed by atoms with van der Waals surface area (Å²) in [5.41, 5.74) is 41.8. The Kier molecular flexibility index (Phi) is 14.0. The minimum Gasteiger partial charge on any atom is -0.399 e. The Labute approximate surface area is 514 Å². The summed E-state index contributed by atoms with van der Waals surface area (Å²) in [5, 5.41) is 4.66. The lowest BCUT2D eigenvalue weighted by Crippen LogP contribution is -1.97. The van der Waals surface area contributed by atoms with Gasteiger partial charge in [-0.05, 0) is 204 Å². The maximum atomic E-state index is 6.47. The van der Waals surface area contributed by atoms with Crippen molar-refractivity contribution in [2.45, 2.75) is 0 Å². The fourth-order valence-electron chi connectivity index (χ4n) is 13.0. The van der Waals surface area contributed by atoms with E-state index in [1.165, 1.54) is 55.6 Å². The molecule has 0 unspecified atom stereocenters. The summed E-state index contributed by atoms with van der Waals surface area (Å²) in [5.74, 6) is 0. The Hall–Kier alpha value is -11.6. The van der Waals surface area contributed by atoms with E-state index in [-0.39, 0.29) is 0 Å². The second kappa shape index (κ2) is 23.1. The van der Waals surface area contributed by atoms with Gasteiger partial charge >= 0.3 is 0 Å². The van der Waals surface area contributed by atoms with Gasteiger partial charge in [0.05, 0.1) is 0 Å². The minimum atomic E-state index is 0.724. The van der Waals surface area contributed by atoms with Crippen LogP contribution in [0.1, 0.15) is 0 Å². The van der Waals surface area contributed by atoms with E-state index in [0.29, 0.717) is 0 Å². The Morgan fingerprint density at radius 3 is 0.545 bits per heavy atom. The summed E-state index contributed by atoms with van der Waals surface area (Å²) in [6.07, 6.45) is 0. The van der Waals surface area contributed by atoms with Crippen LogP contribution in [-0.2, 0) is 0 Å². The molecule has 15 aromatic rings. The molecule has 0 spiro atoms. The minimum absolute atomic E-state index is 0.724. The highest BCUT2D eigenvalue weighted by Gasteiger charge is 2.25. The Bertz CT molecular complexity index is 4400. The zero-order valence-electron chi connectivity index (χ0n) is 48.5. The summed E-state index contributed by atoms with van der Waals surface area (Å²) >= 11 is 0. The molecule has 0 saturated carbocycles. The van der Waals surface area contributed by atoms with E-state index in [9.17, 15) is 0 Å². The maximum Gasteiger partial charge on any atom is 0.0314 e. The summed E-state index contributed by atoms with van der Waals surface area (Å²) in [4.78, 5) is 0. The second-order valence-electron chi connectivity index (χ2n) is 22.8. The standard InChI is InChI=1S/C86H60N2/c87-73-49-45-69(46-50-73)83-79(65-37-29-61(30-38-65)57-17-5-1-6-18-57)53-71(54-80(83)66-39-31-62(32-40-66)58-19-7-2-8-20-58)85-75-25-13-15-27-77(75)86(78-28-16-14-26-76(78)85)72-55-81(67-41-33-63(34-42-67)59-21-9-3-10-22-59)84(70-47-51-74(88)52-48-70)82(56-72)68-43-35-64(36-44-68)60-23-11-4-12-24-60/h1-56H,87-88H2. The van der Waals surface area contributed by atoms with Crippen molar-refractivity contribution >= 4 is 32.9 Å². The average molecular weight is 1120 g/mol. The molecular formula is C86H60N2. The lowest BCUT2D eigenvalue weighted by molar-refractivity contribution is 1.54. The molecule has 0 amide bonds. The lowest BCUT2D eigenvalue weighted by Gasteiger charge is -2.23. The molecule has 88 heavy (non-hydrogen) atoms. The first-order valence-corrected chi connectivity index (χ1v) is 30.1. The molecular weight excluding hydrogens is 1060 g/mol. The number of nitrogens with two attached hydrogens (primary N) is 2. The summed E-state index contributed by atoms with van der Waals surface area (Å²) in [7, 11) is 0. The van der Waals surface area contributed by atoms with Crippen molar-refractivity contribution < 1.29 is 0 Å². The maximum absolute atomic E-state index is 6.47. The molecule has 0 fully saturated rings. The van der Waals surface area contributed by atoms with Gasteiger partial charge in [-0.1, -0.05) is 291 Å². The van der Waals surface area contributed by atoms with Crippen LogP contribution in [0, 0.1) is 0 Å². The molecule has 15 rings (SSSR count). The molecule has 0 heterocycles. The van der Waals surface area contributed by atoms with Gasteiger partial charge in [0.15, 0.2) is 0 Å². The van der Waals surface area contributed by atoms with Gasteiger partial charge < -0.3 is 11.5 Å². The highest BCUT2D eigenvalue weighted by Crippen LogP contribution is 2.51. The predicted molar refractivity (Wildman–Crippen MR) is 376 cm³/mol. The van der Waals surface area contributed by atoms with Crippen LogP contribution in [-0.4, -0.2) is 0 Å². The number of hydrogen-bond acceptors (Lipinski definition) is 2. The average Bonchev–Trinajstić information content (AvgIpc) is 1.11. The van der Waals surface area contributed by atoms with Crippen molar-refractivity contribution in [2.24, 2.45) is 0 Å². The highest BCUT2D eigenvalue weighted by atomic mass is 14.5. The third-order valence-electron chi connectivity index (χ3n) is 17.4. The van der Waals surface area contributed by atoms with Crippen molar-refractivity contribution in [3.63, 3.8) is 0 Å². The summed E-state index contributed by atoms with van der Waals surface area (Å²) in [6, 6.07) is 123. The molecule has 0 saturated heterocycles. The van der Waals surface area contributed by atoms with Gasteiger partial charge in [-0.25, -0.2) is 0 Å². The van der Waals surface area contributed by atoms with Gasteiger partial charge in [0, 0.05) is 11.4 Å². The number of hydrogen-bond donors (Lipinski definition) is 2. The number of nitrogen functional groups attached to an aromatic ring is 2. The first-order chi connectivity index (χ1) is 43.5. The van der Waals surface area contributed by atoms with E-state index >= 15 is 0 Å². The Balaban J connectivity index is 0.998. The van der Waals surface area contributed by atoms with Crippen LogP contribution in [0.4, 0.5) is 11.4 Å². The monoisotopic (exact) mass is 1120 g/mol. The van der Waals surface area contributed by atoms with Crippen molar-refractivity contribution in [3.8, 4) is 134 Å². The molecule has 2 nitrogen and oxygen atoms in total. The first-order valence-electron chi connectivity index (χ1n) is 30.1. The summed E-state index contributed by atoms with van der Waals surface area (Å²) in [6.45, 7) is 0. The van der Waals surface area contributed by atoms with Crippen LogP contribution in [0.15, 0.2) is 340 Å². The summed E-state index contributed by atoms with van der Waals surface area (Å²) < 4.78 is 0. The van der Waals surface area contributed by atoms with Crippen LogP contribution in [0.25, 0.3) is 155 Å². The molecule has 15 aromatic carbocycles. The fourth-order valence-corrected chi connectivity index (χ4v) is 13.0. The molecule has 0 aliphatic carbocycles. The van der Waals surface area contributed by atoms with E-state index in [1.807, 2.05) is 24.3 Å². The van der Waals surface area contributed by atoms with Gasteiger partial charge in [-0.15, -0.1) is 0 Å². The molecule has 414 valence electrons. The Morgan fingerprint density at radius 1 is 0.136 bits per heavy atom. The molecule has 0 atom stereocenters. The quantitative estimate of drug-likeness (QED) is 0.0946. The van der Waals surface area contributed by atoms with Gasteiger partial charge in [0.1, 0.15) is 0 Å². The van der Waals surface area contributed by atoms with Crippen LogP contribution in [0.2, 0.25) is 0 Å². The van der Waals surface area contributed by atoms with Gasteiger partial charge in [-0.3, -0.25) is 0 Å². The first kappa shape index (κ1) is 53.2. The van der Waals surface area contributed by atoms with E-state index in [1.54, 1.807) is 0 Å². The van der Waals surface area contributed by atoms with Crippen LogP contribution in [0.3, 0.4) is 0 Å². The zero-order valence-corrected chi connectivity index (χ0v) is 48.5. The SMILES string of the molecule is Nc1ccc(-c2c(-c3ccc(-c4ccccc4)cc3)cc(-c3c4ccccc4c(-c4cc(-c5ccc(-c6ccccc6)cc5)c(-c5ccc(N)cc5)c(-c5ccc(-c6ccccc6)cc5)c4)c4ccccc34)cc2-c2ccc(-c3ccccc3)cc2)cc1. The number of rotatable bonds is 12. The molecule has 0 aliphatic rings. The number of anilines is 2. The number of fused-ring (bicyclic) bond motifs is 2. The molecule has 0 bridgehead atoms. The van der Waals surface area contributed by atoms with Crippen LogP contribution in [0.5, 0.6) is 0 Å². The van der Waals surface area contributed by atoms with Crippen LogP contribution >= 0.6 is 0 Å². The molecule has 4 N–H and O–H groups in total. The number of benzene rings is 15. The normalized spacial score (nSPS) is 11.3. The molecule has 0 aliphatic heterocycles. The van der Waals surface area contributed by atoms with E-state index in [0.717, 1.165) is 111 Å². The molecule has 2 heteroatoms. The van der Waals surface area contributed by atoms with E-state index in [4.69, 9.17) is 11.5 Å². The zero-order chi connectivity index (χ0) is 58.9. The highest BCUT2D eigenvalue weighted by molar-refractivity contribution is 6.22. The van der Waals surface area contributed by atoms with Crippen molar-refractivity contribution in [3.05, 3.63) is 340 Å². The topological polar surface area (TPSA) is 52.0 Å². The smallest absolute Gasteiger partial charge is 0.0314 e. The van der Waals surface area contributed by atoms with Gasteiger partial charge in [0.2, 0.25) is 0 Å². The van der Waals surface area contributed by atoms with Crippen molar-refractivity contribution in [2.75, 3.05) is 11.5 Å². The van der Waals surface area contributed by atoms with Gasteiger partial charge in [-0.2, -0.15) is 0 Å². The lowest BCUT2D eigenvalue weighted by atomic mass is 9.80. The van der Waals surface area contributed by atoms with Crippen molar-refractivity contribution in [1.29, 1.82) is 0 Å². The predicted octanol–water partition coefficient (Wildman–Crippen LogP) is 23.2. The van der Waals surface area contributed by atoms with Crippen molar-refractivity contribution in [1.82, 2.24) is 0 Å². The molecule has 0 aromatic heterocycles. The largest absolute Gasteiger partial charge is 0.399 e. The van der Waals surface area contributed by atoms with E-state index < -0.39 is 0 Å². The molecule has 0 radical (unpaired) electrons. The third-order valence-corrected chi connectivity index (χ3v) is 17.4. The Morgan fingerprint density at radius 2 is 0.318 bits per heavy atom. The second-order valence-corrected chi connectivity index (χ2v) is 22.8. The van der Waals surface area contributed by atoms with E-state index in [2.05, 4.69) is 315 Å².